The summed E-state index contributed by atoms with van der Waals surface area (Å²) < 4.78 is 0. The fourth-order valence-electron chi connectivity index (χ4n) is 1.12. The van der Waals surface area contributed by atoms with E-state index in [1.807, 2.05) is 18.2 Å². The largest absolute Gasteiger partial charge is 0.344 e. The lowest BCUT2D eigenvalue weighted by atomic mass is 10.2. The molecule has 0 heterocycles. The zero-order valence-corrected chi connectivity index (χ0v) is 10.1. The maximum absolute atomic E-state index is 11.3. The molecular weight excluding hydrogens is 218 g/mol. The molecule has 1 rings (SSSR count). The topological polar surface area (TPSA) is 29.1 Å². The van der Waals surface area contributed by atoms with Crippen LogP contribution in [0.5, 0.6) is 0 Å². The molecular formula is C13H15NOS. The quantitative estimate of drug-likeness (QED) is 0.789. The van der Waals surface area contributed by atoms with Crippen molar-refractivity contribution < 1.29 is 4.79 Å². The number of nitrogens with one attached hydrogen (secondary N) is 1. The van der Waals surface area contributed by atoms with E-state index in [1.165, 1.54) is 5.56 Å². The van der Waals surface area contributed by atoms with Crippen molar-refractivity contribution in [2.24, 2.45) is 0 Å². The summed E-state index contributed by atoms with van der Waals surface area (Å²) in [5, 5.41) is 2.74. The van der Waals surface area contributed by atoms with Crippen LogP contribution in [0.1, 0.15) is 12.5 Å². The third kappa shape index (κ3) is 5.47. The van der Waals surface area contributed by atoms with Crippen molar-refractivity contribution in [3.8, 4) is 11.8 Å². The van der Waals surface area contributed by atoms with Gasteiger partial charge in [-0.25, -0.2) is 0 Å². The fraction of sp³-hybridized carbons (Fsp3) is 0.308. The van der Waals surface area contributed by atoms with Gasteiger partial charge in [-0.15, -0.1) is 17.7 Å². The van der Waals surface area contributed by atoms with Gasteiger partial charge < -0.3 is 5.32 Å². The molecule has 0 atom stereocenters. The van der Waals surface area contributed by atoms with Gasteiger partial charge in [0.2, 0.25) is 5.91 Å². The van der Waals surface area contributed by atoms with Crippen LogP contribution in [-0.4, -0.2) is 18.2 Å². The van der Waals surface area contributed by atoms with Gasteiger partial charge in [0.05, 0.1) is 12.3 Å². The summed E-state index contributed by atoms with van der Waals surface area (Å²) >= 11 is 1.61. The van der Waals surface area contributed by atoms with Gasteiger partial charge in [-0.05, 0) is 12.5 Å². The van der Waals surface area contributed by atoms with Gasteiger partial charge in [0.1, 0.15) is 0 Å². The number of thioether (sulfide) groups is 1. The summed E-state index contributed by atoms with van der Waals surface area (Å²) in [6.45, 7) is 2.21. The van der Waals surface area contributed by atoms with Gasteiger partial charge in [-0.2, -0.15) is 0 Å². The molecule has 0 saturated heterocycles. The predicted octanol–water partition coefficient (Wildman–Crippen LogP) is 2.06. The van der Waals surface area contributed by atoms with Crippen molar-refractivity contribution in [1.82, 2.24) is 5.32 Å². The van der Waals surface area contributed by atoms with Gasteiger partial charge in [0.15, 0.2) is 0 Å². The minimum atomic E-state index is 0.0451. The van der Waals surface area contributed by atoms with E-state index < -0.39 is 0 Å². The summed E-state index contributed by atoms with van der Waals surface area (Å²) in [6.07, 6.45) is 0. The molecule has 0 fully saturated rings. The Kier molecular flexibility index (Phi) is 6.20. The maximum Gasteiger partial charge on any atom is 0.230 e. The highest BCUT2D eigenvalue weighted by atomic mass is 32.2. The zero-order valence-electron chi connectivity index (χ0n) is 9.32. The van der Waals surface area contributed by atoms with E-state index in [0.717, 1.165) is 5.75 Å². The third-order valence-electron chi connectivity index (χ3n) is 1.90. The Balaban J connectivity index is 2.15. The Labute approximate surface area is 101 Å². The molecule has 0 unspecified atom stereocenters. The van der Waals surface area contributed by atoms with E-state index in [4.69, 9.17) is 0 Å². The molecule has 0 saturated carbocycles. The minimum Gasteiger partial charge on any atom is -0.344 e. The van der Waals surface area contributed by atoms with Crippen LogP contribution in [0.15, 0.2) is 30.3 Å². The summed E-state index contributed by atoms with van der Waals surface area (Å²) in [7, 11) is 0. The Morgan fingerprint density at radius 3 is 2.81 bits per heavy atom. The Bertz CT molecular complexity index is 378. The number of hydrogen-bond donors (Lipinski definition) is 1. The molecule has 84 valence electrons. The SMILES string of the molecule is CC#CCNC(=O)CSCc1ccccc1. The lowest BCUT2D eigenvalue weighted by molar-refractivity contribution is -0.118. The summed E-state index contributed by atoms with van der Waals surface area (Å²) in [4.78, 5) is 11.3. The van der Waals surface area contributed by atoms with E-state index in [0.29, 0.717) is 12.3 Å². The van der Waals surface area contributed by atoms with E-state index in [9.17, 15) is 4.79 Å². The van der Waals surface area contributed by atoms with Crippen molar-refractivity contribution in [3.63, 3.8) is 0 Å². The number of carbonyl (C=O) groups excluding carboxylic acids is 1. The minimum absolute atomic E-state index is 0.0451. The highest BCUT2D eigenvalue weighted by Crippen LogP contribution is 2.10. The van der Waals surface area contributed by atoms with Crippen LogP contribution in [0.25, 0.3) is 0 Å². The molecule has 1 aromatic carbocycles. The molecule has 0 aliphatic heterocycles. The predicted molar refractivity (Wildman–Crippen MR) is 69.1 cm³/mol. The van der Waals surface area contributed by atoms with Crippen LogP contribution >= 0.6 is 11.8 Å². The average Bonchev–Trinajstić information content (AvgIpc) is 2.31. The molecule has 0 aliphatic carbocycles. The highest BCUT2D eigenvalue weighted by molar-refractivity contribution is 7.99. The monoisotopic (exact) mass is 233 g/mol. The first-order valence-electron chi connectivity index (χ1n) is 5.11. The highest BCUT2D eigenvalue weighted by Gasteiger charge is 1.99. The molecule has 0 bridgehead atoms. The number of rotatable bonds is 5. The van der Waals surface area contributed by atoms with Crippen LogP contribution in [-0.2, 0) is 10.5 Å². The van der Waals surface area contributed by atoms with Crippen molar-refractivity contribution in [3.05, 3.63) is 35.9 Å². The lowest BCUT2D eigenvalue weighted by Gasteiger charge is -2.02. The molecule has 1 aromatic rings. The molecule has 0 spiro atoms. The van der Waals surface area contributed by atoms with E-state index in [1.54, 1.807) is 18.7 Å². The van der Waals surface area contributed by atoms with Crippen molar-refractivity contribution in [1.29, 1.82) is 0 Å². The fourth-order valence-corrected chi connectivity index (χ4v) is 1.94. The number of carbonyl (C=O) groups is 1. The number of amides is 1. The molecule has 16 heavy (non-hydrogen) atoms. The van der Waals surface area contributed by atoms with E-state index in [-0.39, 0.29) is 5.91 Å². The normalized spacial score (nSPS) is 9.06. The molecule has 0 aromatic heterocycles. The summed E-state index contributed by atoms with van der Waals surface area (Å²) in [5.74, 6) is 6.93. The first-order chi connectivity index (χ1) is 7.83. The molecule has 2 nitrogen and oxygen atoms in total. The smallest absolute Gasteiger partial charge is 0.230 e. The Hall–Kier alpha value is -1.40. The van der Waals surface area contributed by atoms with Crippen molar-refractivity contribution in [2.45, 2.75) is 12.7 Å². The standard InChI is InChI=1S/C13H15NOS/c1-2-3-9-14-13(15)11-16-10-12-7-5-4-6-8-12/h4-8H,9-11H2,1H3,(H,14,15). The van der Waals surface area contributed by atoms with Gasteiger partial charge in [-0.3, -0.25) is 4.79 Å². The van der Waals surface area contributed by atoms with Crippen LogP contribution < -0.4 is 5.32 Å². The second kappa shape index (κ2) is 7.84. The second-order valence-electron chi connectivity index (χ2n) is 3.18. The van der Waals surface area contributed by atoms with Crippen LogP contribution in [0, 0.1) is 11.8 Å². The van der Waals surface area contributed by atoms with Crippen LogP contribution in [0.2, 0.25) is 0 Å². The summed E-state index contributed by atoms with van der Waals surface area (Å²) in [5.41, 5.74) is 1.24. The first kappa shape index (κ1) is 12.7. The average molecular weight is 233 g/mol. The van der Waals surface area contributed by atoms with Crippen molar-refractivity contribution in [2.75, 3.05) is 12.3 Å². The lowest BCUT2D eigenvalue weighted by Crippen LogP contribution is -2.25. The Morgan fingerprint density at radius 2 is 2.12 bits per heavy atom. The van der Waals surface area contributed by atoms with Gasteiger partial charge >= 0.3 is 0 Å². The van der Waals surface area contributed by atoms with Crippen LogP contribution in [0.4, 0.5) is 0 Å². The maximum atomic E-state index is 11.3. The van der Waals surface area contributed by atoms with Crippen LogP contribution in [0.3, 0.4) is 0 Å². The number of benzene rings is 1. The van der Waals surface area contributed by atoms with Gasteiger partial charge in [0, 0.05) is 5.75 Å². The molecule has 1 N–H and O–H groups in total. The van der Waals surface area contributed by atoms with Gasteiger partial charge in [0.25, 0.3) is 0 Å². The first-order valence-corrected chi connectivity index (χ1v) is 6.26. The second-order valence-corrected chi connectivity index (χ2v) is 4.17. The zero-order chi connectivity index (χ0) is 11.6. The van der Waals surface area contributed by atoms with Crippen molar-refractivity contribution >= 4 is 17.7 Å². The molecule has 1 amide bonds. The van der Waals surface area contributed by atoms with E-state index >= 15 is 0 Å². The summed E-state index contributed by atoms with van der Waals surface area (Å²) in [6, 6.07) is 10.1. The Morgan fingerprint density at radius 1 is 1.38 bits per heavy atom. The molecule has 0 radical (unpaired) electrons. The molecule has 0 aliphatic rings. The molecule has 3 heteroatoms. The van der Waals surface area contributed by atoms with Gasteiger partial charge in [-0.1, -0.05) is 36.3 Å². The van der Waals surface area contributed by atoms with E-state index in [2.05, 4.69) is 29.3 Å². The number of hydrogen-bond acceptors (Lipinski definition) is 2. The third-order valence-corrected chi connectivity index (χ3v) is 2.90.